The summed E-state index contributed by atoms with van der Waals surface area (Å²) in [5.74, 6) is 1.15. The van der Waals surface area contributed by atoms with Crippen LogP contribution in [0.1, 0.15) is 151 Å². The van der Waals surface area contributed by atoms with Gasteiger partial charge in [0.15, 0.2) is 0 Å². The Morgan fingerprint density at radius 3 is 2.28 bits per heavy atom. The van der Waals surface area contributed by atoms with Crippen molar-refractivity contribution in [2.75, 3.05) is 39.3 Å². The summed E-state index contributed by atoms with van der Waals surface area (Å²) in [6, 6.07) is 15.5. The highest BCUT2D eigenvalue weighted by Crippen LogP contribution is 2.59. The standard InChI is InChI=1S/C58H66F2N7O12PS/c1-57(2,3)50(63-52(72)45-32-39-31-40(23-25-44(39)81-45)58(59,60)80(77,78)79)56(76)66-30-29-64(35-43(66)54(74)65-28-16-21-38(34-65)36-17-12-10-13-18-36)48(70)33-47(69)61-27-14-9-7-5-4-6-8-11-19-37-20-15-22-41-49(37)55(75)67(53(41)73)42-24-26-46(68)62-51(42)71/h10,12-13,15,17-18,20,22-23,25,31-32,38,42-43,50H,4-9,14,16,21,24,26-30,33-35H2,1-3H3,(H,61,69)(H,63,72)(H,62,68,71)(H2,77,78,79)/t38?,42?,43-,50+/m0/s1. The smallest absolute Gasteiger partial charge is 0.356 e. The van der Waals surface area contributed by atoms with Crippen molar-refractivity contribution in [3.05, 3.63) is 105 Å². The highest BCUT2D eigenvalue weighted by molar-refractivity contribution is 7.52. The number of likely N-dealkylation sites (tertiary alicyclic amines) is 1. The first-order chi connectivity index (χ1) is 38.4. The average molecular weight is 1150 g/mol. The second kappa shape index (κ2) is 25.3. The molecule has 1 aromatic heterocycles. The van der Waals surface area contributed by atoms with Crippen LogP contribution in [0, 0.1) is 17.3 Å². The Labute approximate surface area is 471 Å². The minimum atomic E-state index is -5.86. The Hall–Kier alpha value is -7.18. The van der Waals surface area contributed by atoms with Crippen LogP contribution >= 0.6 is 18.9 Å². The molecule has 2 unspecified atom stereocenters. The molecule has 0 bridgehead atoms. The molecule has 5 N–H and O–H groups in total. The molecule has 0 saturated carbocycles. The van der Waals surface area contributed by atoms with E-state index in [0.29, 0.717) is 49.2 Å². The van der Waals surface area contributed by atoms with Gasteiger partial charge in [-0.3, -0.25) is 57.9 Å². The molecule has 4 atom stereocenters. The summed E-state index contributed by atoms with van der Waals surface area (Å²) in [4.78, 5) is 145. The van der Waals surface area contributed by atoms with E-state index in [1.165, 1.54) is 28.0 Å². The van der Waals surface area contributed by atoms with E-state index in [2.05, 4.69) is 27.8 Å². The van der Waals surface area contributed by atoms with Gasteiger partial charge in [0.25, 0.3) is 17.7 Å². The number of halogens is 2. The molecule has 4 aromatic rings. The highest BCUT2D eigenvalue weighted by Gasteiger charge is 2.51. The lowest BCUT2D eigenvalue weighted by atomic mass is 9.85. The van der Waals surface area contributed by atoms with Crippen molar-refractivity contribution in [1.82, 2.24) is 35.6 Å². The summed E-state index contributed by atoms with van der Waals surface area (Å²) in [5, 5.41) is 7.96. The number of hydrogen-bond donors (Lipinski definition) is 5. The number of benzene rings is 3. The number of imide groups is 2. The predicted molar refractivity (Wildman–Crippen MR) is 295 cm³/mol. The Morgan fingerprint density at radius 2 is 1.57 bits per heavy atom. The summed E-state index contributed by atoms with van der Waals surface area (Å²) in [6.07, 6.45) is 6.68. The van der Waals surface area contributed by atoms with E-state index >= 15 is 0 Å². The Balaban J connectivity index is 0.830. The van der Waals surface area contributed by atoms with Gasteiger partial charge in [0.2, 0.25) is 35.4 Å². The lowest BCUT2D eigenvalue weighted by Gasteiger charge is -2.45. The molecule has 3 aromatic carbocycles. The Bertz CT molecular complexity index is 3240. The van der Waals surface area contributed by atoms with Gasteiger partial charge in [-0.1, -0.05) is 101 Å². The second-order valence-electron chi connectivity index (χ2n) is 22.0. The van der Waals surface area contributed by atoms with Gasteiger partial charge < -0.3 is 35.1 Å². The van der Waals surface area contributed by atoms with E-state index in [0.717, 1.165) is 72.5 Å². The zero-order valence-corrected chi connectivity index (χ0v) is 47.1. The molecule has 3 fully saturated rings. The maximum atomic E-state index is 14.9. The van der Waals surface area contributed by atoms with Gasteiger partial charge >= 0.3 is 13.3 Å². The predicted octanol–water partition coefficient (Wildman–Crippen LogP) is 6.41. The number of amides is 9. The van der Waals surface area contributed by atoms with Crippen LogP contribution in [0.4, 0.5) is 8.78 Å². The molecule has 81 heavy (non-hydrogen) atoms. The molecule has 3 saturated heterocycles. The number of carbonyl (C=O) groups excluding carboxylic acids is 9. The molecule has 19 nitrogen and oxygen atoms in total. The number of carbonyl (C=O) groups is 9. The second-order valence-corrected chi connectivity index (χ2v) is 24.8. The van der Waals surface area contributed by atoms with Gasteiger partial charge in [-0.25, -0.2) is 0 Å². The fourth-order valence-electron chi connectivity index (χ4n) is 10.8. The van der Waals surface area contributed by atoms with Crippen molar-refractivity contribution in [1.29, 1.82) is 0 Å². The van der Waals surface area contributed by atoms with Crippen LogP contribution < -0.4 is 16.0 Å². The summed E-state index contributed by atoms with van der Waals surface area (Å²) in [6.45, 7) is 6.07. The molecule has 0 radical (unpaired) electrons. The number of fused-ring (bicyclic) bond motifs is 2. The summed E-state index contributed by atoms with van der Waals surface area (Å²) in [7, 11) is -5.86. The van der Waals surface area contributed by atoms with Gasteiger partial charge in [-0.05, 0) is 78.8 Å². The van der Waals surface area contributed by atoms with Gasteiger partial charge in [0, 0.05) is 67.3 Å². The first-order valence-corrected chi connectivity index (χ1v) is 29.7. The minimum absolute atomic E-state index is 0.00267. The number of alkyl halides is 2. The monoisotopic (exact) mass is 1150 g/mol. The van der Waals surface area contributed by atoms with E-state index in [4.69, 9.17) is 0 Å². The van der Waals surface area contributed by atoms with E-state index < -0.39 is 96.0 Å². The van der Waals surface area contributed by atoms with Gasteiger partial charge in [0.1, 0.15) is 24.5 Å². The number of nitrogens with one attached hydrogen (secondary N) is 3. The zero-order chi connectivity index (χ0) is 58.4. The van der Waals surface area contributed by atoms with Crippen molar-refractivity contribution >= 4 is 82.2 Å². The number of piperidine rings is 2. The van der Waals surface area contributed by atoms with Crippen LogP contribution in [0.5, 0.6) is 0 Å². The number of nitrogens with zero attached hydrogens (tertiary/aromatic N) is 4. The van der Waals surface area contributed by atoms with Crippen LogP contribution in [0.2, 0.25) is 0 Å². The largest absolute Gasteiger partial charge is 0.399 e. The van der Waals surface area contributed by atoms with Crippen LogP contribution in [0.15, 0.2) is 72.8 Å². The van der Waals surface area contributed by atoms with Gasteiger partial charge in [-0.15, -0.1) is 11.3 Å². The zero-order valence-electron chi connectivity index (χ0n) is 45.3. The lowest BCUT2D eigenvalue weighted by molar-refractivity contribution is -0.155. The summed E-state index contributed by atoms with van der Waals surface area (Å²) in [5.41, 5.74) is -4.53. The van der Waals surface area contributed by atoms with Crippen LogP contribution in [0.3, 0.4) is 0 Å². The molecule has 430 valence electrons. The van der Waals surface area contributed by atoms with E-state index in [1.807, 2.05) is 30.3 Å². The van der Waals surface area contributed by atoms with Crippen LogP contribution in [-0.2, 0) is 39.0 Å². The summed E-state index contributed by atoms with van der Waals surface area (Å²) >= 11 is 0.936. The number of hydrogen-bond acceptors (Lipinski definition) is 11. The van der Waals surface area contributed by atoms with Gasteiger partial charge in [0.05, 0.1) is 22.5 Å². The maximum Gasteiger partial charge on any atom is 0.399 e. The number of unbranched alkanes of at least 4 members (excludes halogenated alkanes) is 6. The van der Waals surface area contributed by atoms with Crippen molar-refractivity contribution in [3.63, 3.8) is 0 Å². The SMILES string of the molecule is CC(C)(C)[C@H](NC(=O)c1cc2cc(C(F)(F)P(=O)(O)O)ccc2s1)C(=O)N1CCN(C(=O)CC(=O)NCCCCCCCCC#Cc2cccc3c2C(=O)N(C2CCC(=O)NC2=O)C3=O)C[C@H]1C(=O)N1CCCC(c2ccccc2)C1. The molecule has 0 aliphatic carbocycles. The molecule has 5 heterocycles. The molecule has 23 heteroatoms. The van der Waals surface area contributed by atoms with Crippen molar-refractivity contribution in [2.24, 2.45) is 5.41 Å². The third kappa shape index (κ3) is 13.8. The number of thiophene rings is 1. The Kier molecular flexibility index (Phi) is 18.7. The van der Waals surface area contributed by atoms with E-state index in [1.54, 1.807) is 37.8 Å². The lowest BCUT2D eigenvalue weighted by Crippen LogP contribution is -2.66. The Morgan fingerprint density at radius 1 is 0.840 bits per heavy atom. The third-order valence-corrected chi connectivity index (χ3v) is 17.3. The van der Waals surface area contributed by atoms with E-state index in [-0.39, 0.29) is 65.7 Å². The third-order valence-electron chi connectivity index (χ3n) is 15.2. The molecule has 8 rings (SSSR count). The first-order valence-electron chi connectivity index (χ1n) is 27.2. The molecule has 4 aliphatic rings. The van der Waals surface area contributed by atoms with Crippen molar-refractivity contribution in [3.8, 4) is 11.8 Å². The quantitative estimate of drug-likeness (QED) is 0.0238. The topological polar surface area (TPSA) is 260 Å². The van der Waals surface area contributed by atoms with Gasteiger partial charge in [-0.2, -0.15) is 8.78 Å². The number of piperazine rings is 1. The van der Waals surface area contributed by atoms with Crippen LogP contribution in [0.25, 0.3) is 10.1 Å². The molecular weight excluding hydrogens is 1090 g/mol. The fraction of sp³-hybridized carbons (Fsp3) is 0.466. The maximum absolute atomic E-state index is 14.9. The summed E-state index contributed by atoms with van der Waals surface area (Å²) < 4.78 is 41.2. The molecule has 4 aliphatic heterocycles. The van der Waals surface area contributed by atoms with E-state index in [9.17, 15) is 66.3 Å². The number of rotatable bonds is 18. The first kappa shape index (κ1) is 59.9. The highest BCUT2D eigenvalue weighted by atomic mass is 32.1. The minimum Gasteiger partial charge on any atom is -0.356 e. The molecule has 9 amide bonds. The van der Waals surface area contributed by atoms with Crippen molar-refractivity contribution < 1.29 is 66.3 Å². The average Bonchev–Trinajstić information content (AvgIpc) is 4.17. The fourth-order valence-corrected chi connectivity index (χ4v) is 12.2. The molecule has 0 spiro atoms. The van der Waals surface area contributed by atoms with Crippen LogP contribution in [-0.4, -0.2) is 140 Å². The molecular formula is C58H66F2N7O12PS. The normalized spacial score (nSPS) is 19.2. The van der Waals surface area contributed by atoms with Crippen molar-refractivity contribution in [2.45, 2.75) is 128 Å².